The Morgan fingerprint density at radius 2 is 2.67 bits per heavy atom. The van der Waals surface area contributed by atoms with Gasteiger partial charge in [-0.3, -0.25) is 4.57 Å². The van der Waals surface area contributed by atoms with E-state index in [-0.39, 0.29) is 9.84 Å². The largest absolute Gasteiger partial charge is 0.412 e. The molecule has 1 unspecified atom stereocenters. The lowest BCUT2D eigenvalue weighted by Crippen LogP contribution is -2.28. The molecule has 0 radical (unpaired) electrons. The third kappa shape index (κ3) is 0.842. The van der Waals surface area contributed by atoms with Gasteiger partial charge >= 0.3 is 9.84 Å². The van der Waals surface area contributed by atoms with Crippen LogP contribution in [0.15, 0.2) is 0 Å². The normalized spacial score (nSPS) is 37.4. The molecule has 2 aliphatic rings. The first-order chi connectivity index (χ1) is 4.36. The molecule has 3 heteroatoms. The van der Waals surface area contributed by atoms with E-state index in [0.29, 0.717) is 0 Å². The standard InChI is InChI=1S/C6H13N2Si/c1-7-5-6-3-2-4-8(6)9-7/h5-6H,2-4,9H2,1H3/q+1. The first kappa shape index (κ1) is 5.62. The monoisotopic (exact) mass is 141 g/mol. The summed E-state index contributed by atoms with van der Waals surface area (Å²) in [5.74, 6) is 0. The molecule has 9 heavy (non-hydrogen) atoms. The lowest BCUT2D eigenvalue weighted by Gasteiger charge is -2.05. The maximum absolute atomic E-state index is 2.67. The van der Waals surface area contributed by atoms with Crippen LogP contribution in [0.1, 0.15) is 12.8 Å². The summed E-state index contributed by atoms with van der Waals surface area (Å²) in [5, 5.41) is 0. The van der Waals surface area contributed by atoms with Crippen molar-refractivity contribution >= 4 is 16.1 Å². The molecule has 1 fully saturated rings. The summed E-state index contributed by atoms with van der Waals surface area (Å²) in [6.45, 7) is 1.37. The predicted molar refractivity (Wildman–Crippen MR) is 40.5 cm³/mol. The second kappa shape index (κ2) is 1.92. The molecule has 0 aromatic rings. The number of hydrogen-bond donors (Lipinski definition) is 0. The first-order valence-corrected chi connectivity index (χ1v) is 4.92. The molecule has 2 rings (SSSR count). The summed E-state index contributed by atoms with van der Waals surface area (Å²) in [6.07, 6.45) is 5.25. The van der Waals surface area contributed by atoms with Gasteiger partial charge in [0, 0.05) is 0 Å². The Hall–Kier alpha value is -0.153. The molecule has 2 heterocycles. The van der Waals surface area contributed by atoms with Crippen molar-refractivity contribution < 1.29 is 4.24 Å². The van der Waals surface area contributed by atoms with Gasteiger partial charge in [0.15, 0.2) is 0 Å². The Kier molecular flexibility index (Phi) is 1.20. The summed E-state index contributed by atoms with van der Waals surface area (Å²) in [6, 6.07) is 0.849. The van der Waals surface area contributed by atoms with Gasteiger partial charge in [-0.25, -0.2) is 0 Å². The van der Waals surface area contributed by atoms with Crippen molar-refractivity contribution in [3.8, 4) is 0 Å². The van der Waals surface area contributed by atoms with E-state index in [0.717, 1.165) is 6.04 Å². The SMILES string of the molecule is C[N+]1=CC2CCCN2[SiH2]1. The smallest absolute Gasteiger partial charge is 0.307 e. The van der Waals surface area contributed by atoms with Crippen LogP contribution >= 0.6 is 0 Å². The van der Waals surface area contributed by atoms with Crippen LogP contribution in [0.2, 0.25) is 0 Å². The van der Waals surface area contributed by atoms with Crippen molar-refractivity contribution in [3.63, 3.8) is 0 Å². The minimum Gasteiger partial charge on any atom is -0.307 e. The molecule has 50 valence electrons. The molecule has 0 aromatic carbocycles. The van der Waals surface area contributed by atoms with E-state index in [9.17, 15) is 0 Å². The molecule has 0 aliphatic carbocycles. The molecular formula is C6H13N2Si+. The van der Waals surface area contributed by atoms with Crippen LogP contribution in [0.3, 0.4) is 0 Å². The topological polar surface area (TPSA) is 6.25 Å². The fourth-order valence-electron chi connectivity index (χ4n) is 1.82. The third-order valence-electron chi connectivity index (χ3n) is 2.25. The van der Waals surface area contributed by atoms with Crippen LogP contribution < -0.4 is 0 Å². The van der Waals surface area contributed by atoms with Crippen molar-refractivity contribution in [2.75, 3.05) is 13.6 Å². The Labute approximate surface area is 58.2 Å². The van der Waals surface area contributed by atoms with Gasteiger partial charge < -0.3 is 4.24 Å². The molecule has 1 saturated heterocycles. The van der Waals surface area contributed by atoms with E-state index < -0.39 is 0 Å². The zero-order valence-electron chi connectivity index (χ0n) is 5.88. The zero-order chi connectivity index (χ0) is 6.27. The third-order valence-corrected chi connectivity index (χ3v) is 4.05. The summed E-state index contributed by atoms with van der Waals surface area (Å²) in [4.78, 5) is 0. The van der Waals surface area contributed by atoms with Crippen LogP contribution in [0.4, 0.5) is 0 Å². The van der Waals surface area contributed by atoms with Crippen LogP contribution in [0.5, 0.6) is 0 Å². The zero-order valence-corrected chi connectivity index (χ0v) is 7.29. The minimum atomic E-state index is 0.00772. The highest BCUT2D eigenvalue weighted by Crippen LogP contribution is 2.16. The van der Waals surface area contributed by atoms with Gasteiger partial charge in [-0.15, -0.1) is 0 Å². The molecule has 2 nitrogen and oxygen atoms in total. The van der Waals surface area contributed by atoms with Crippen molar-refractivity contribution in [2.45, 2.75) is 18.9 Å². The van der Waals surface area contributed by atoms with Gasteiger partial charge in [-0.1, -0.05) is 0 Å². The van der Waals surface area contributed by atoms with Gasteiger partial charge in [-0.05, 0) is 19.4 Å². The van der Waals surface area contributed by atoms with Gasteiger partial charge in [0.2, 0.25) is 0 Å². The van der Waals surface area contributed by atoms with Crippen LogP contribution in [0, 0.1) is 0 Å². The number of hydrogen-bond acceptors (Lipinski definition) is 1. The van der Waals surface area contributed by atoms with Crippen molar-refractivity contribution in [1.29, 1.82) is 0 Å². The van der Waals surface area contributed by atoms with Crippen molar-refractivity contribution in [3.05, 3.63) is 0 Å². The van der Waals surface area contributed by atoms with Gasteiger partial charge in [0.1, 0.15) is 13.3 Å². The molecule has 0 N–H and O–H groups in total. The molecule has 2 aliphatic heterocycles. The Morgan fingerprint density at radius 3 is 3.44 bits per heavy atom. The van der Waals surface area contributed by atoms with E-state index in [1.807, 2.05) is 0 Å². The molecule has 0 amide bonds. The Morgan fingerprint density at radius 1 is 1.78 bits per heavy atom. The second-order valence-electron chi connectivity index (χ2n) is 3.07. The highest BCUT2D eigenvalue weighted by molar-refractivity contribution is 6.25. The molecule has 0 spiro atoms. The van der Waals surface area contributed by atoms with Crippen molar-refractivity contribution in [1.82, 2.24) is 4.57 Å². The van der Waals surface area contributed by atoms with Gasteiger partial charge in [0.25, 0.3) is 0 Å². The Balaban J connectivity index is 2.13. The van der Waals surface area contributed by atoms with Gasteiger partial charge in [0.05, 0.1) is 6.04 Å². The second-order valence-corrected chi connectivity index (χ2v) is 5.16. The molecular weight excluding hydrogens is 128 g/mol. The molecule has 0 aromatic heterocycles. The highest BCUT2D eigenvalue weighted by Gasteiger charge is 2.33. The van der Waals surface area contributed by atoms with Crippen LogP contribution in [-0.2, 0) is 0 Å². The van der Waals surface area contributed by atoms with Crippen molar-refractivity contribution in [2.24, 2.45) is 0 Å². The molecule has 0 saturated carbocycles. The fourth-order valence-corrected chi connectivity index (χ4v) is 3.59. The quantitative estimate of drug-likeness (QED) is 0.399. The predicted octanol–water partition coefficient (Wildman–Crippen LogP) is -0.824. The van der Waals surface area contributed by atoms with E-state index in [1.54, 1.807) is 0 Å². The maximum atomic E-state index is 2.67. The first-order valence-electron chi connectivity index (χ1n) is 3.65. The highest BCUT2D eigenvalue weighted by atomic mass is 28.2. The van der Waals surface area contributed by atoms with E-state index in [2.05, 4.69) is 22.1 Å². The lowest BCUT2D eigenvalue weighted by atomic mass is 10.2. The average molecular weight is 141 g/mol. The molecule has 1 atom stereocenters. The summed E-state index contributed by atoms with van der Waals surface area (Å²) >= 11 is 0. The number of rotatable bonds is 0. The summed E-state index contributed by atoms with van der Waals surface area (Å²) in [7, 11) is 2.22. The Bertz CT molecular complexity index is 155. The number of nitrogens with zero attached hydrogens (tertiary/aromatic N) is 2. The minimum absolute atomic E-state index is 0.00772. The van der Waals surface area contributed by atoms with E-state index in [4.69, 9.17) is 0 Å². The fraction of sp³-hybridized carbons (Fsp3) is 0.833. The van der Waals surface area contributed by atoms with Gasteiger partial charge in [-0.2, -0.15) is 0 Å². The number of fused-ring (bicyclic) bond motifs is 1. The van der Waals surface area contributed by atoms with E-state index >= 15 is 0 Å². The van der Waals surface area contributed by atoms with E-state index in [1.165, 1.54) is 19.4 Å². The van der Waals surface area contributed by atoms with Crippen LogP contribution in [0.25, 0.3) is 0 Å². The average Bonchev–Trinajstić information content (AvgIpc) is 2.22. The molecule has 0 bridgehead atoms. The maximum Gasteiger partial charge on any atom is 0.412 e. The van der Waals surface area contributed by atoms with Crippen LogP contribution in [-0.4, -0.2) is 44.5 Å². The summed E-state index contributed by atoms with van der Waals surface area (Å²) in [5.41, 5.74) is 0. The summed E-state index contributed by atoms with van der Waals surface area (Å²) < 4.78 is 5.09. The lowest BCUT2D eigenvalue weighted by molar-refractivity contribution is -0.338.